The van der Waals surface area contributed by atoms with Crippen LogP contribution in [0.25, 0.3) is 0 Å². The summed E-state index contributed by atoms with van der Waals surface area (Å²) in [4.78, 5) is 11.9. The van der Waals surface area contributed by atoms with Crippen LogP contribution in [0.4, 0.5) is 0 Å². The topological polar surface area (TPSA) is 64.7 Å². The van der Waals surface area contributed by atoms with E-state index in [4.69, 9.17) is 11.6 Å². The van der Waals surface area contributed by atoms with E-state index in [1.54, 1.807) is 24.0 Å². The van der Waals surface area contributed by atoms with Crippen molar-refractivity contribution in [3.05, 3.63) is 35.4 Å². The third-order valence-corrected chi connectivity index (χ3v) is 2.77. The predicted molar refractivity (Wildman–Crippen MR) is 67.0 cm³/mol. The molecule has 0 aromatic carbocycles. The van der Waals surface area contributed by atoms with Gasteiger partial charge in [0.1, 0.15) is 6.04 Å². The smallest absolute Gasteiger partial charge is 0.244 e. The van der Waals surface area contributed by atoms with Crippen molar-refractivity contribution >= 4 is 17.5 Å². The van der Waals surface area contributed by atoms with Crippen molar-refractivity contribution < 1.29 is 4.79 Å². The SMILES string of the molecule is CC(C(=O)NCc1cnn(C)c1)n1cc(Cl)cn1. The maximum atomic E-state index is 11.9. The fourth-order valence-corrected chi connectivity index (χ4v) is 1.69. The average Bonchev–Trinajstić information content (AvgIpc) is 2.94. The summed E-state index contributed by atoms with van der Waals surface area (Å²) < 4.78 is 3.22. The third-order valence-electron chi connectivity index (χ3n) is 2.57. The number of amides is 1. The Hall–Kier alpha value is -1.82. The molecule has 0 saturated heterocycles. The van der Waals surface area contributed by atoms with Gasteiger partial charge in [-0.05, 0) is 6.92 Å². The Bertz CT molecular complexity index is 547. The van der Waals surface area contributed by atoms with Crippen LogP contribution >= 0.6 is 11.6 Å². The lowest BCUT2D eigenvalue weighted by Crippen LogP contribution is -2.30. The molecule has 0 fully saturated rings. The fourth-order valence-electron chi connectivity index (χ4n) is 1.55. The number of carbonyl (C=O) groups is 1. The zero-order valence-corrected chi connectivity index (χ0v) is 10.9. The zero-order valence-electron chi connectivity index (χ0n) is 10.2. The second-order valence-electron chi connectivity index (χ2n) is 4.05. The molecular weight excluding hydrogens is 254 g/mol. The van der Waals surface area contributed by atoms with Gasteiger partial charge in [-0.15, -0.1) is 0 Å². The van der Waals surface area contributed by atoms with Crippen molar-refractivity contribution in [1.82, 2.24) is 24.9 Å². The second kappa shape index (κ2) is 5.22. The van der Waals surface area contributed by atoms with Crippen LogP contribution in [-0.4, -0.2) is 25.5 Å². The van der Waals surface area contributed by atoms with Crippen LogP contribution in [0.2, 0.25) is 5.02 Å². The minimum absolute atomic E-state index is 0.112. The van der Waals surface area contributed by atoms with E-state index in [0.717, 1.165) is 5.56 Å². The lowest BCUT2D eigenvalue weighted by molar-refractivity contribution is -0.124. The van der Waals surface area contributed by atoms with Crippen molar-refractivity contribution in [1.29, 1.82) is 0 Å². The molecule has 1 unspecified atom stereocenters. The molecule has 1 amide bonds. The summed E-state index contributed by atoms with van der Waals surface area (Å²) in [6.45, 7) is 2.22. The Morgan fingerprint density at radius 1 is 1.44 bits per heavy atom. The van der Waals surface area contributed by atoms with Crippen molar-refractivity contribution in [3.8, 4) is 0 Å². The number of aryl methyl sites for hydroxylation is 1. The summed E-state index contributed by atoms with van der Waals surface area (Å²) in [5.41, 5.74) is 0.955. The number of rotatable bonds is 4. The first-order valence-electron chi connectivity index (χ1n) is 5.51. The first-order chi connectivity index (χ1) is 8.56. The van der Waals surface area contributed by atoms with Crippen molar-refractivity contribution in [2.24, 2.45) is 7.05 Å². The van der Waals surface area contributed by atoms with E-state index in [1.165, 1.54) is 10.9 Å². The molecule has 2 heterocycles. The number of halogens is 1. The van der Waals surface area contributed by atoms with Crippen molar-refractivity contribution in [2.45, 2.75) is 19.5 Å². The van der Waals surface area contributed by atoms with Gasteiger partial charge in [0.2, 0.25) is 5.91 Å². The summed E-state index contributed by atoms with van der Waals surface area (Å²) in [5.74, 6) is -0.112. The molecule has 1 N–H and O–H groups in total. The summed E-state index contributed by atoms with van der Waals surface area (Å²) in [6, 6.07) is -0.394. The summed E-state index contributed by atoms with van der Waals surface area (Å²) in [5, 5.41) is 11.4. The second-order valence-corrected chi connectivity index (χ2v) is 4.49. The normalized spacial score (nSPS) is 12.4. The number of hydrogen-bond acceptors (Lipinski definition) is 3. The van der Waals surface area contributed by atoms with Gasteiger partial charge >= 0.3 is 0 Å². The van der Waals surface area contributed by atoms with Gasteiger partial charge in [-0.2, -0.15) is 10.2 Å². The lowest BCUT2D eigenvalue weighted by atomic mass is 10.3. The van der Waals surface area contributed by atoms with Gasteiger partial charge in [0, 0.05) is 31.5 Å². The highest BCUT2D eigenvalue weighted by atomic mass is 35.5. The summed E-state index contributed by atoms with van der Waals surface area (Å²) >= 11 is 5.76. The van der Waals surface area contributed by atoms with Gasteiger partial charge in [0.05, 0.1) is 17.4 Å². The van der Waals surface area contributed by atoms with E-state index < -0.39 is 6.04 Å². The molecule has 2 aromatic heterocycles. The summed E-state index contributed by atoms with van der Waals surface area (Å²) in [7, 11) is 1.83. The molecule has 0 spiro atoms. The van der Waals surface area contributed by atoms with E-state index in [9.17, 15) is 4.79 Å². The van der Waals surface area contributed by atoms with Crippen LogP contribution in [-0.2, 0) is 18.4 Å². The van der Waals surface area contributed by atoms with E-state index in [2.05, 4.69) is 15.5 Å². The molecule has 18 heavy (non-hydrogen) atoms. The van der Waals surface area contributed by atoms with Crippen molar-refractivity contribution in [2.75, 3.05) is 0 Å². The predicted octanol–water partition coefficient (Wildman–Crippen LogP) is 1.15. The molecule has 0 saturated carbocycles. The van der Waals surface area contributed by atoms with Gasteiger partial charge in [-0.3, -0.25) is 14.2 Å². The Balaban J connectivity index is 1.92. The summed E-state index contributed by atoms with van der Waals surface area (Å²) in [6.07, 6.45) is 6.70. The lowest BCUT2D eigenvalue weighted by Gasteiger charge is -2.11. The Morgan fingerprint density at radius 3 is 2.78 bits per heavy atom. The minimum Gasteiger partial charge on any atom is -0.350 e. The standard InChI is InChI=1S/C11H14ClN5O/c1-8(17-7-10(12)5-15-17)11(18)13-3-9-4-14-16(2)6-9/h4-8H,3H2,1-2H3,(H,13,18). The van der Waals surface area contributed by atoms with Crippen LogP contribution in [0.1, 0.15) is 18.5 Å². The maximum absolute atomic E-state index is 11.9. The maximum Gasteiger partial charge on any atom is 0.244 e. The highest BCUT2D eigenvalue weighted by molar-refractivity contribution is 6.30. The van der Waals surface area contributed by atoms with Crippen LogP contribution in [0, 0.1) is 0 Å². The Labute approximate surface area is 110 Å². The highest BCUT2D eigenvalue weighted by Crippen LogP contribution is 2.10. The number of carbonyl (C=O) groups excluding carboxylic acids is 1. The number of nitrogens with one attached hydrogen (secondary N) is 1. The van der Waals surface area contributed by atoms with Gasteiger partial charge < -0.3 is 5.32 Å². The largest absolute Gasteiger partial charge is 0.350 e. The molecule has 0 aliphatic heterocycles. The van der Waals surface area contributed by atoms with E-state index in [0.29, 0.717) is 11.6 Å². The van der Waals surface area contributed by atoms with Crippen LogP contribution < -0.4 is 5.32 Å². The van der Waals surface area contributed by atoms with Crippen LogP contribution in [0.15, 0.2) is 24.8 Å². The quantitative estimate of drug-likeness (QED) is 0.904. The molecule has 0 bridgehead atoms. The van der Waals surface area contributed by atoms with Crippen LogP contribution in [0.3, 0.4) is 0 Å². The Kier molecular flexibility index (Phi) is 3.66. The molecular formula is C11H14ClN5O. The Morgan fingerprint density at radius 2 is 2.22 bits per heavy atom. The monoisotopic (exact) mass is 267 g/mol. The van der Waals surface area contributed by atoms with E-state index in [-0.39, 0.29) is 5.91 Å². The number of aromatic nitrogens is 4. The fraction of sp³-hybridized carbons (Fsp3) is 0.364. The van der Waals surface area contributed by atoms with Gasteiger partial charge in [0.25, 0.3) is 0 Å². The molecule has 0 aliphatic rings. The molecule has 2 rings (SSSR count). The molecule has 0 aliphatic carbocycles. The van der Waals surface area contributed by atoms with Gasteiger partial charge in [0.15, 0.2) is 0 Å². The molecule has 7 heteroatoms. The molecule has 0 radical (unpaired) electrons. The molecule has 6 nitrogen and oxygen atoms in total. The van der Waals surface area contributed by atoms with Crippen LogP contribution in [0.5, 0.6) is 0 Å². The molecule has 2 aromatic rings. The minimum atomic E-state index is -0.394. The van der Waals surface area contributed by atoms with E-state index >= 15 is 0 Å². The number of hydrogen-bond donors (Lipinski definition) is 1. The van der Waals surface area contributed by atoms with Gasteiger partial charge in [-0.25, -0.2) is 0 Å². The van der Waals surface area contributed by atoms with E-state index in [1.807, 2.05) is 13.2 Å². The molecule has 96 valence electrons. The van der Waals surface area contributed by atoms with Crippen molar-refractivity contribution in [3.63, 3.8) is 0 Å². The number of nitrogens with zero attached hydrogens (tertiary/aromatic N) is 4. The highest BCUT2D eigenvalue weighted by Gasteiger charge is 2.15. The average molecular weight is 268 g/mol. The third kappa shape index (κ3) is 2.89. The molecule has 1 atom stereocenters. The first kappa shape index (κ1) is 12.6. The van der Waals surface area contributed by atoms with Gasteiger partial charge in [-0.1, -0.05) is 11.6 Å². The zero-order chi connectivity index (χ0) is 13.1. The first-order valence-corrected chi connectivity index (χ1v) is 5.89.